The maximum absolute atomic E-state index is 13.7. The van der Waals surface area contributed by atoms with Gasteiger partial charge in [0.1, 0.15) is 0 Å². The van der Waals surface area contributed by atoms with Crippen molar-refractivity contribution in [2.45, 2.75) is 38.4 Å². The number of hydrogen-bond acceptors (Lipinski definition) is 4. The first-order valence-electron chi connectivity index (χ1n) is 11.5. The minimum atomic E-state index is -0.510. The Kier molecular flexibility index (Phi) is 7.93. The molecule has 4 rings (SSSR count). The Balaban J connectivity index is 1.57. The summed E-state index contributed by atoms with van der Waals surface area (Å²) in [5, 5.41) is 4.11. The minimum Gasteiger partial charge on any atom is -0.345 e. The predicted octanol–water partition coefficient (Wildman–Crippen LogP) is 6.11. The van der Waals surface area contributed by atoms with Crippen LogP contribution in [-0.2, 0) is 11.3 Å². The predicted molar refractivity (Wildman–Crippen MR) is 144 cm³/mol. The molecule has 1 atom stereocenters. The number of nitrogens with one attached hydrogen (secondary N) is 1. The smallest absolute Gasteiger partial charge is 0.253 e. The van der Waals surface area contributed by atoms with E-state index in [1.165, 1.54) is 0 Å². The van der Waals surface area contributed by atoms with Gasteiger partial charge in [0.2, 0.25) is 5.91 Å². The molecule has 35 heavy (non-hydrogen) atoms. The molecule has 180 valence electrons. The van der Waals surface area contributed by atoms with Crippen molar-refractivity contribution < 1.29 is 9.59 Å². The minimum absolute atomic E-state index is 0.0832. The summed E-state index contributed by atoms with van der Waals surface area (Å²) >= 11 is 7.84. The van der Waals surface area contributed by atoms with Gasteiger partial charge in [-0.1, -0.05) is 96.2 Å². The van der Waals surface area contributed by atoms with Crippen molar-refractivity contribution in [1.82, 2.24) is 10.2 Å². The molecule has 1 fully saturated rings. The maximum Gasteiger partial charge on any atom is 0.253 e. The van der Waals surface area contributed by atoms with Gasteiger partial charge in [0.25, 0.3) is 5.91 Å². The van der Waals surface area contributed by atoms with Crippen LogP contribution in [0.2, 0.25) is 5.02 Å². The van der Waals surface area contributed by atoms with Crippen molar-refractivity contribution in [2.24, 2.45) is 4.99 Å². The first kappa shape index (κ1) is 25.0. The topological polar surface area (TPSA) is 61.8 Å². The number of amidine groups is 1. The van der Waals surface area contributed by atoms with E-state index in [-0.39, 0.29) is 23.8 Å². The fourth-order valence-electron chi connectivity index (χ4n) is 4.02. The second-order valence-electron chi connectivity index (χ2n) is 9.04. The van der Waals surface area contributed by atoms with Gasteiger partial charge in [-0.3, -0.25) is 19.5 Å². The third kappa shape index (κ3) is 6.13. The molecule has 1 saturated heterocycles. The van der Waals surface area contributed by atoms with Gasteiger partial charge in [-0.2, -0.15) is 0 Å². The molecule has 7 heteroatoms. The molecule has 0 bridgehead atoms. The Bertz CT molecular complexity index is 1220. The van der Waals surface area contributed by atoms with Crippen molar-refractivity contribution in [3.05, 3.63) is 107 Å². The van der Waals surface area contributed by atoms with Gasteiger partial charge < -0.3 is 5.32 Å². The number of hydrogen-bond donors (Lipinski definition) is 1. The summed E-state index contributed by atoms with van der Waals surface area (Å²) in [6, 6.07) is 25.9. The normalized spacial score (nSPS) is 16.8. The molecule has 1 aliphatic heterocycles. The van der Waals surface area contributed by atoms with Crippen LogP contribution in [-0.4, -0.2) is 33.2 Å². The standard InChI is InChI=1S/C28H28ClN3O2S/c1-28(2)19-35-27(30-18-20-11-5-3-6-12-20)32(28)25(33)17-24(21-13-7-4-8-14-21)31-26(34)22-15-9-10-16-23(22)29/h3-16,24H,17-19H2,1-2H3,(H,31,34)/t24-/m1/s1. The van der Waals surface area contributed by atoms with Crippen molar-refractivity contribution >= 4 is 40.3 Å². The van der Waals surface area contributed by atoms with Gasteiger partial charge in [0.15, 0.2) is 5.17 Å². The number of thioether (sulfide) groups is 1. The highest BCUT2D eigenvalue weighted by molar-refractivity contribution is 8.14. The van der Waals surface area contributed by atoms with Crippen LogP contribution in [0.15, 0.2) is 89.9 Å². The van der Waals surface area contributed by atoms with E-state index in [0.717, 1.165) is 16.9 Å². The molecule has 0 saturated carbocycles. The number of nitrogens with zero attached hydrogens (tertiary/aromatic N) is 2. The van der Waals surface area contributed by atoms with Gasteiger partial charge in [-0.15, -0.1) is 0 Å². The van der Waals surface area contributed by atoms with E-state index in [1.807, 2.05) is 74.5 Å². The molecule has 3 aromatic rings. The zero-order chi connectivity index (χ0) is 24.8. The third-order valence-corrected chi connectivity index (χ3v) is 7.59. The summed E-state index contributed by atoms with van der Waals surface area (Å²) in [6.45, 7) is 4.60. The zero-order valence-corrected chi connectivity index (χ0v) is 21.4. The van der Waals surface area contributed by atoms with Crippen LogP contribution < -0.4 is 5.32 Å². The fourth-order valence-corrected chi connectivity index (χ4v) is 5.48. The molecule has 5 nitrogen and oxygen atoms in total. The van der Waals surface area contributed by atoms with E-state index in [9.17, 15) is 9.59 Å². The lowest BCUT2D eigenvalue weighted by Crippen LogP contribution is -2.47. The molecule has 2 amide bonds. The van der Waals surface area contributed by atoms with Gasteiger partial charge in [0, 0.05) is 5.75 Å². The second kappa shape index (κ2) is 11.1. The summed E-state index contributed by atoms with van der Waals surface area (Å²) in [7, 11) is 0. The van der Waals surface area contributed by atoms with Crippen LogP contribution in [0.3, 0.4) is 0 Å². The van der Waals surface area contributed by atoms with Crippen LogP contribution in [0, 0.1) is 0 Å². The summed E-state index contributed by atoms with van der Waals surface area (Å²) in [6.07, 6.45) is 0.106. The van der Waals surface area contributed by atoms with Crippen LogP contribution in [0.25, 0.3) is 0 Å². The highest BCUT2D eigenvalue weighted by Crippen LogP contribution is 2.35. The lowest BCUT2D eigenvalue weighted by molar-refractivity contribution is -0.130. The van der Waals surface area contributed by atoms with E-state index in [0.29, 0.717) is 22.3 Å². The van der Waals surface area contributed by atoms with Crippen LogP contribution in [0.4, 0.5) is 0 Å². The summed E-state index contributed by atoms with van der Waals surface area (Å²) in [5.74, 6) is 0.361. The average molecular weight is 506 g/mol. The van der Waals surface area contributed by atoms with Crippen molar-refractivity contribution in [3.8, 4) is 0 Å². The lowest BCUT2D eigenvalue weighted by Gasteiger charge is -2.32. The molecule has 1 aliphatic rings. The maximum atomic E-state index is 13.7. The summed E-state index contributed by atoms with van der Waals surface area (Å²) in [5.41, 5.74) is 1.94. The number of rotatable bonds is 7. The SMILES string of the molecule is CC1(C)CSC(=NCc2ccccc2)N1C(=O)C[C@@H](NC(=O)c1ccccc1Cl)c1ccccc1. The van der Waals surface area contributed by atoms with Crippen molar-refractivity contribution in [3.63, 3.8) is 0 Å². The molecule has 1 N–H and O–H groups in total. The Morgan fingerprint density at radius 1 is 1.00 bits per heavy atom. The number of amides is 2. The summed E-state index contributed by atoms with van der Waals surface area (Å²) in [4.78, 5) is 33.3. The molecule has 0 radical (unpaired) electrons. The number of halogens is 1. The Morgan fingerprint density at radius 3 is 2.31 bits per heavy atom. The molecular weight excluding hydrogens is 478 g/mol. The van der Waals surface area contributed by atoms with Gasteiger partial charge in [-0.25, -0.2) is 0 Å². The Morgan fingerprint density at radius 2 is 1.63 bits per heavy atom. The molecular formula is C28H28ClN3O2S. The number of aliphatic imine (C=N–C) groups is 1. The highest BCUT2D eigenvalue weighted by atomic mass is 35.5. The number of carbonyl (C=O) groups is 2. The number of carbonyl (C=O) groups excluding carboxylic acids is 2. The van der Waals surface area contributed by atoms with Crippen molar-refractivity contribution in [2.75, 3.05) is 5.75 Å². The van der Waals surface area contributed by atoms with E-state index >= 15 is 0 Å². The first-order valence-corrected chi connectivity index (χ1v) is 12.9. The Hall–Kier alpha value is -3.09. The van der Waals surface area contributed by atoms with E-state index in [1.54, 1.807) is 40.9 Å². The van der Waals surface area contributed by atoms with Crippen molar-refractivity contribution in [1.29, 1.82) is 0 Å². The molecule has 3 aromatic carbocycles. The molecule has 0 unspecified atom stereocenters. The highest BCUT2D eigenvalue weighted by Gasteiger charge is 2.41. The van der Waals surface area contributed by atoms with Gasteiger partial charge in [0.05, 0.1) is 35.1 Å². The average Bonchev–Trinajstić information content (AvgIpc) is 3.17. The lowest BCUT2D eigenvalue weighted by atomic mass is 10.00. The molecule has 0 spiro atoms. The molecule has 0 aromatic heterocycles. The van der Waals surface area contributed by atoms with Crippen LogP contribution in [0.5, 0.6) is 0 Å². The first-order chi connectivity index (χ1) is 16.8. The van der Waals surface area contributed by atoms with Crippen LogP contribution >= 0.6 is 23.4 Å². The zero-order valence-electron chi connectivity index (χ0n) is 19.8. The summed E-state index contributed by atoms with van der Waals surface area (Å²) < 4.78 is 0. The van der Waals surface area contributed by atoms with Gasteiger partial charge >= 0.3 is 0 Å². The number of benzene rings is 3. The quantitative estimate of drug-likeness (QED) is 0.421. The molecule has 1 heterocycles. The second-order valence-corrected chi connectivity index (χ2v) is 10.4. The van der Waals surface area contributed by atoms with E-state index < -0.39 is 6.04 Å². The molecule has 0 aliphatic carbocycles. The van der Waals surface area contributed by atoms with Gasteiger partial charge in [-0.05, 0) is 37.1 Å². The third-order valence-electron chi connectivity index (χ3n) is 5.84. The van der Waals surface area contributed by atoms with E-state index in [2.05, 4.69) is 5.32 Å². The largest absolute Gasteiger partial charge is 0.345 e. The monoisotopic (exact) mass is 505 g/mol. The Labute approximate surface area is 215 Å². The van der Waals surface area contributed by atoms with E-state index in [4.69, 9.17) is 16.6 Å². The fraction of sp³-hybridized carbons (Fsp3) is 0.250. The van der Waals surface area contributed by atoms with Crippen LogP contribution in [0.1, 0.15) is 47.8 Å².